The largest absolute Gasteiger partial charge is 0.493 e. The Hall–Kier alpha value is -1.79. The van der Waals surface area contributed by atoms with E-state index in [0.717, 1.165) is 0 Å². The Morgan fingerprint density at radius 2 is 1.85 bits per heavy atom. The van der Waals surface area contributed by atoms with Gasteiger partial charge in [-0.05, 0) is 24.6 Å². The van der Waals surface area contributed by atoms with E-state index in [1.54, 1.807) is 25.1 Å². The van der Waals surface area contributed by atoms with Gasteiger partial charge in [-0.2, -0.15) is 0 Å². The van der Waals surface area contributed by atoms with Crippen molar-refractivity contribution in [2.45, 2.75) is 19.1 Å². The molecule has 6 heteroatoms. The van der Waals surface area contributed by atoms with Crippen molar-refractivity contribution in [3.63, 3.8) is 0 Å². The summed E-state index contributed by atoms with van der Waals surface area (Å²) in [4.78, 5) is 11.6. The quantitative estimate of drug-likeness (QED) is 0.761. The normalized spacial score (nSPS) is 13.4. The highest BCUT2D eigenvalue weighted by Crippen LogP contribution is 2.32. The lowest BCUT2D eigenvalue weighted by molar-refractivity contribution is -0.161. The summed E-state index contributed by atoms with van der Waals surface area (Å²) in [7, 11) is 4.44. The molecule has 112 valence electrons. The number of benzene rings is 1. The third kappa shape index (κ3) is 3.61. The van der Waals surface area contributed by atoms with E-state index in [-0.39, 0.29) is 6.61 Å². The van der Waals surface area contributed by atoms with E-state index < -0.39 is 18.2 Å². The minimum Gasteiger partial charge on any atom is -0.493 e. The highest BCUT2D eigenvalue weighted by atomic mass is 16.6. The first-order valence-electron chi connectivity index (χ1n) is 6.18. The van der Waals surface area contributed by atoms with E-state index >= 15 is 0 Å². The van der Waals surface area contributed by atoms with Crippen LogP contribution in [0.25, 0.3) is 0 Å². The molecular weight excluding hydrogens is 264 g/mol. The topological polar surface area (TPSA) is 74.2 Å². The molecule has 0 heterocycles. The zero-order valence-corrected chi connectivity index (χ0v) is 12.1. The molecule has 6 nitrogen and oxygen atoms in total. The molecule has 0 unspecified atom stereocenters. The molecule has 2 atom stereocenters. The minimum atomic E-state index is -1.40. The van der Waals surface area contributed by atoms with Gasteiger partial charge < -0.3 is 24.1 Å². The third-order valence-corrected chi connectivity index (χ3v) is 2.80. The smallest absolute Gasteiger partial charge is 0.338 e. The molecule has 0 aromatic heterocycles. The van der Waals surface area contributed by atoms with Crippen LogP contribution in [0.15, 0.2) is 18.2 Å². The Kier molecular flexibility index (Phi) is 6.27. The molecule has 0 amide bonds. The second kappa shape index (κ2) is 7.72. The average Bonchev–Trinajstić information content (AvgIpc) is 2.47. The highest BCUT2D eigenvalue weighted by molar-refractivity contribution is 5.75. The Morgan fingerprint density at radius 1 is 1.20 bits per heavy atom. The van der Waals surface area contributed by atoms with Crippen molar-refractivity contribution >= 4 is 5.97 Å². The number of carbonyl (C=O) groups excluding carboxylic acids is 1. The molecule has 1 rings (SSSR count). The van der Waals surface area contributed by atoms with Crippen molar-refractivity contribution in [3.05, 3.63) is 23.8 Å². The number of aliphatic hydroxyl groups excluding tert-OH is 1. The van der Waals surface area contributed by atoms with E-state index in [4.69, 9.17) is 18.9 Å². The maximum atomic E-state index is 11.6. The molecule has 1 aromatic rings. The summed E-state index contributed by atoms with van der Waals surface area (Å²) >= 11 is 0. The monoisotopic (exact) mass is 284 g/mol. The molecule has 1 aromatic carbocycles. The van der Waals surface area contributed by atoms with Crippen molar-refractivity contribution in [1.82, 2.24) is 0 Å². The summed E-state index contributed by atoms with van der Waals surface area (Å²) in [6, 6.07) is 5.02. The van der Waals surface area contributed by atoms with Gasteiger partial charge in [-0.15, -0.1) is 0 Å². The summed E-state index contributed by atoms with van der Waals surface area (Å²) in [5, 5.41) is 9.98. The van der Waals surface area contributed by atoms with Gasteiger partial charge in [0.05, 0.1) is 20.8 Å². The highest BCUT2D eigenvalue weighted by Gasteiger charge is 2.29. The number of carbonyl (C=O) groups is 1. The molecule has 0 aliphatic rings. The zero-order chi connectivity index (χ0) is 15.1. The van der Waals surface area contributed by atoms with Crippen LogP contribution >= 0.6 is 0 Å². The fourth-order valence-corrected chi connectivity index (χ4v) is 1.83. The van der Waals surface area contributed by atoms with E-state index in [0.29, 0.717) is 17.1 Å². The molecule has 0 fully saturated rings. The molecule has 0 aliphatic heterocycles. The van der Waals surface area contributed by atoms with Gasteiger partial charge in [-0.3, -0.25) is 0 Å². The number of rotatable bonds is 7. The summed E-state index contributed by atoms with van der Waals surface area (Å²) in [6.45, 7) is 1.86. The van der Waals surface area contributed by atoms with Crippen molar-refractivity contribution in [1.29, 1.82) is 0 Å². The van der Waals surface area contributed by atoms with Gasteiger partial charge in [0.15, 0.2) is 17.6 Å². The number of esters is 1. The van der Waals surface area contributed by atoms with Gasteiger partial charge in [0.2, 0.25) is 0 Å². The minimum absolute atomic E-state index is 0.193. The lowest BCUT2D eigenvalue weighted by Gasteiger charge is -2.21. The van der Waals surface area contributed by atoms with Gasteiger partial charge in [0.25, 0.3) is 0 Å². The fraction of sp³-hybridized carbons (Fsp3) is 0.500. The second-order valence-corrected chi connectivity index (χ2v) is 3.97. The van der Waals surface area contributed by atoms with Gasteiger partial charge in [-0.1, -0.05) is 6.07 Å². The predicted molar refractivity (Wildman–Crippen MR) is 71.9 cm³/mol. The molecule has 0 spiro atoms. The van der Waals surface area contributed by atoms with Crippen LogP contribution in [0.3, 0.4) is 0 Å². The molecule has 0 saturated carbocycles. The van der Waals surface area contributed by atoms with Gasteiger partial charge in [0, 0.05) is 7.11 Å². The first kappa shape index (κ1) is 16.3. The lowest BCUT2D eigenvalue weighted by Crippen LogP contribution is -2.31. The van der Waals surface area contributed by atoms with Crippen molar-refractivity contribution < 1.29 is 28.8 Å². The van der Waals surface area contributed by atoms with Crippen LogP contribution in [-0.4, -0.2) is 45.1 Å². The van der Waals surface area contributed by atoms with E-state index in [1.807, 2.05) is 0 Å². The first-order chi connectivity index (χ1) is 9.58. The van der Waals surface area contributed by atoms with E-state index in [9.17, 15) is 9.90 Å². The first-order valence-corrected chi connectivity index (χ1v) is 6.18. The second-order valence-electron chi connectivity index (χ2n) is 3.97. The molecule has 0 bridgehead atoms. The Bertz CT molecular complexity index is 445. The van der Waals surface area contributed by atoms with Crippen molar-refractivity contribution in [2.24, 2.45) is 0 Å². The van der Waals surface area contributed by atoms with Gasteiger partial charge >= 0.3 is 5.97 Å². The van der Waals surface area contributed by atoms with Crippen LogP contribution in [0.4, 0.5) is 0 Å². The summed E-state index contributed by atoms with van der Waals surface area (Å²) < 4.78 is 20.3. The number of methoxy groups -OCH3 is 3. The van der Waals surface area contributed by atoms with Crippen LogP contribution in [0.1, 0.15) is 18.6 Å². The predicted octanol–water partition coefficient (Wildman–Crippen LogP) is 1.32. The molecular formula is C14H20O6. The number of hydrogen-bond acceptors (Lipinski definition) is 6. The molecule has 1 N–H and O–H groups in total. The zero-order valence-electron chi connectivity index (χ0n) is 12.1. The molecule has 0 radical (unpaired) electrons. The van der Waals surface area contributed by atoms with Gasteiger partial charge in [0.1, 0.15) is 6.10 Å². The Balaban J connectivity index is 3.03. The number of aliphatic hydroxyl groups is 1. The summed E-state index contributed by atoms with van der Waals surface area (Å²) in [5.41, 5.74) is 0.589. The molecule has 0 saturated heterocycles. The summed E-state index contributed by atoms with van der Waals surface area (Å²) in [5.74, 6) is 0.314. The number of ether oxygens (including phenoxy) is 4. The lowest BCUT2D eigenvalue weighted by atomic mass is 10.0. The van der Waals surface area contributed by atoms with Gasteiger partial charge in [-0.25, -0.2) is 4.79 Å². The summed E-state index contributed by atoms with van der Waals surface area (Å²) in [6.07, 6.45) is -2.24. The Morgan fingerprint density at radius 3 is 2.35 bits per heavy atom. The Labute approximate surface area is 118 Å². The fourth-order valence-electron chi connectivity index (χ4n) is 1.83. The maximum absolute atomic E-state index is 11.6. The van der Waals surface area contributed by atoms with Crippen molar-refractivity contribution in [3.8, 4) is 11.5 Å². The van der Waals surface area contributed by atoms with Crippen LogP contribution in [0.5, 0.6) is 11.5 Å². The van der Waals surface area contributed by atoms with E-state index in [1.165, 1.54) is 21.3 Å². The van der Waals surface area contributed by atoms with Crippen LogP contribution < -0.4 is 9.47 Å². The standard InChI is InChI=1S/C14H20O6/c1-5-20-14(16)12(15)13(19-4)9-6-7-10(17-2)11(8-9)18-3/h6-8,12-13,15H,5H2,1-4H3/t12-,13+/m1/s1. The molecule has 20 heavy (non-hydrogen) atoms. The van der Waals surface area contributed by atoms with E-state index in [2.05, 4.69) is 0 Å². The SMILES string of the molecule is CCOC(=O)[C@H](O)[C@@H](OC)c1ccc(OC)c(OC)c1. The van der Waals surface area contributed by atoms with Crippen LogP contribution in [0, 0.1) is 0 Å². The third-order valence-electron chi connectivity index (χ3n) is 2.80. The average molecular weight is 284 g/mol. The molecule has 0 aliphatic carbocycles. The van der Waals surface area contributed by atoms with Crippen LogP contribution in [-0.2, 0) is 14.3 Å². The maximum Gasteiger partial charge on any atom is 0.338 e. The number of hydrogen-bond donors (Lipinski definition) is 1. The van der Waals surface area contributed by atoms with Crippen LogP contribution in [0.2, 0.25) is 0 Å². The van der Waals surface area contributed by atoms with Crippen molar-refractivity contribution in [2.75, 3.05) is 27.9 Å².